The number of aryl methyl sites for hydroxylation is 1. The lowest BCUT2D eigenvalue weighted by Gasteiger charge is -2.19. The Morgan fingerprint density at radius 3 is 2.94 bits per heavy atom. The SMILES string of the molecule is Cc1ncsc1CN(C)c1ccnc(NN)c1. The number of nitrogens with zero attached hydrogens (tertiary/aromatic N) is 3. The lowest BCUT2D eigenvalue weighted by Crippen LogP contribution is -2.17. The van der Waals surface area contributed by atoms with Crippen molar-refractivity contribution in [2.24, 2.45) is 5.84 Å². The number of nitrogen functional groups attached to an aromatic ring is 1. The van der Waals surface area contributed by atoms with Crippen LogP contribution in [0, 0.1) is 6.92 Å². The van der Waals surface area contributed by atoms with E-state index in [4.69, 9.17) is 5.84 Å². The third-order valence-electron chi connectivity index (χ3n) is 2.56. The summed E-state index contributed by atoms with van der Waals surface area (Å²) < 4.78 is 0. The van der Waals surface area contributed by atoms with E-state index in [-0.39, 0.29) is 0 Å². The number of rotatable bonds is 4. The molecule has 0 amide bonds. The van der Waals surface area contributed by atoms with E-state index < -0.39 is 0 Å². The molecule has 0 saturated heterocycles. The Morgan fingerprint density at radius 1 is 1.47 bits per heavy atom. The van der Waals surface area contributed by atoms with E-state index >= 15 is 0 Å². The molecule has 17 heavy (non-hydrogen) atoms. The number of hydrogen-bond donors (Lipinski definition) is 2. The van der Waals surface area contributed by atoms with Crippen molar-refractivity contribution >= 4 is 22.8 Å². The van der Waals surface area contributed by atoms with Gasteiger partial charge < -0.3 is 10.3 Å². The number of pyridine rings is 1. The zero-order valence-electron chi connectivity index (χ0n) is 9.84. The molecule has 0 fully saturated rings. The molecule has 6 heteroatoms. The van der Waals surface area contributed by atoms with Crippen molar-refractivity contribution in [3.05, 3.63) is 34.4 Å². The highest BCUT2D eigenvalue weighted by Gasteiger charge is 2.07. The van der Waals surface area contributed by atoms with Crippen LogP contribution in [0.5, 0.6) is 0 Å². The van der Waals surface area contributed by atoms with E-state index in [9.17, 15) is 0 Å². The number of nitrogens with one attached hydrogen (secondary N) is 1. The van der Waals surface area contributed by atoms with Gasteiger partial charge in [0.25, 0.3) is 0 Å². The van der Waals surface area contributed by atoms with E-state index in [2.05, 4.69) is 20.3 Å². The monoisotopic (exact) mass is 249 g/mol. The van der Waals surface area contributed by atoms with E-state index in [1.165, 1.54) is 4.88 Å². The molecule has 2 aromatic rings. The van der Waals surface area contributed by atoms with Gasteiger partial charge in [-0.25, -0.2) is 15.8 Å². The number of aromatic nitrogens is 2. The van der Waals surface area contributed by atoms with Crippen LogP contribution >= 0.6 is 11.3 Å². The fourth-order valence-corrected chi connectivity index (χ4v) is 2.35. The Balaban J connectivity index is 2.14. The maximum atomic E-state index is 5.34. The number of anilines is 2. The van der Waals surface area contributed by atoms with Gasteiger partial charge in [-0.15, -0.1) is 11.3 Å². The quantitative estimate of drug-likeness (QED) is 0.638. The van der Waals surface area contributed by atoms with Gasteiger partial charge in [-0.05, 0) is 13.0 Å². The first kappa shape index (κ1) is 11.8. The number of thiazole rings is 1. The number of nitrogens with two attached hydrogens (primary N) is 1. The van der Waals surface area contributed by atoms with Crippen molar-refractivity contribution in [3.63, 3.8) is 0 Å². The van der Waals surface area contributed by atoms with Gasteiger partial charge in [-0.1, -0.05) is 0 Å². The molecule has 0 saturated carbocycles. The average Bonchev–Trinajstić information content (AvgIpc) is 2.75. The van der Waals surface area contributed by atoms with Crippen LogP contribution in [0.3, 0.4) is 0 Å². The van der Waals surface area contributed by atoms with E-state index in [1.54, 1.807) is 17.5 Å². The molecule has 0 atom stereocenters. The smallest absolute Gasteiger partial charge is 0.141 e. The third-order valence-corrected chi connectivity index (χ3v) is 3.48. The summed E-state index contributed by atoms with van der Waals surface area (Å²) in [5.74, 6) is 6.00. The van der Waals surface area contributed by atoms with Crippen LogP contribution in [0.15, 0.2) is 23.8 Å². The number of hydrogen-bond acceptors (Lipinski definition) is 6. The molecular weight excluding hydrogens is 234 g/mol. The van der Waals surface area contributed by atoms with Crippen molar-refractivity contribution in [2.75, 3.05) is 17.4 Å². The first-order valence-electron chi connectivity index (χ1n) is 5.23. The summed E-state index contributed by atoms with van der Waals surface area (Å²) in [6.07, 6.45) is 1.74. The minimum atomic E-state index is 0.662. The molecule has 2 rings (SSSR count). The van der Waals surface area contributed by atoms with Crippen LogP contribution < -0.4 is 16.2 Å². The predicted molar refractivity (Wildman–Crippen MR) is 71.0 cm³/mol. The second-order valence-electron chi connectivity index (χ2n) is 3.76. The molecule has 2 aromatic heterocycles. The van der Waals surface area contributed by atoms with Crippen LogP contribution in [0.1, 0.15) is 10.6 Å². The number of hydrazine groups is 1. The normalized spacial score (nSPS) is 10.3. The zero-order chi connectivity index (χ0) is 12.3. The first-order valence-corrected chi connectivity index (χ1v) is 6.11. The summed E-state index contributed by atoms with van der Waals surface area (Å²) in [7, 11) is 2.04. The Bertz CT molecular complexity index is 496. The largest absolute Gasteiger partial charge is 0.369 e. The van der Waals surface area contributed by atoms with Crippen LogP contribution in [0.2, 0.25) is 0 Å². The maximum absolute atomic E-state index is 5.34. The average molecular weight is 249 g/mol. The van der Waals surface area contributed by atoms with Gasteiger partial charge in [0.15, 0.2) is 0 Å². The van der Waals surface area contributed by atoms with E-state index in [0.29, 0.717) is 5.82 Å². The predicted octanol–water partition coefficient (Wildman–Crippen LogP) is 1.77. The summed E-state index contributed by atoms with van der Waals surface area (Å²) in [6, 6.07) is 3.87. The lowest BCUT2D eigenvalue weighted by molar-refractivity contribution is 0.924. The van der Waals surface area contributed by atoms with Crippen molar-refractivity contribution in [1.82, 2.24) is 9.97 Å². The van der Waals surface area contributed by atoms with Gasteiger partial charge in [-0.3, -0.25) is 0 Å². The minimum absolute atomic E-state index is 0.662. The Kier molecular flexibility index (Phi) is 3.55. The first-order chi connectivity index (χ1) is 8.20. The van der Waals surface area contributed by atoms with Gasteiger partial charge in [0.2, 0.25) is 0 Å². The molecule has 0 radical (unpaired) electrons. The lowest BCUT2D eigenvalue weighted by atomic mass is 10.3. The summed E-state index contributed by atoms with van der Waals surface area (Å²) in [6.45, 7) is 2.86. The molecule has 0 unspecified atom stereocenters. The molecule has 90 valence electrons. The second kappa shape index (κ2) is 5.11. The van der Waals surface area contributed by atoms with Crippen molar-refractivity contribution in [3.8, 4) is 0 Å². The summed E-state index contributed by atoms with van der Waals surface area (Å²) >= 11 is 1.67. The molecule has 0 aliphatic rings. The van der Waals surface area contributed by atoms with Crippen LogP contribution in [0.25, 0.3) is 0 Å². The summed E-state index contributed by atoms with van der Waals surface area (Å²) in [5, 5.41) is 0. The van der Waals surface area contributed by atoms with E-state index in [0.717, 1.165) is 17.9 Å². The van der Waals surface area contributed by atoms with Gasteiger partial charge in [-0.2, -0.15) is 0 Å². The molecule has 0 aliphatic heterocycles. The molecule has 0 aliphatic carbocycles. The van der Waals surface area contributed by atoms with Crippen molar-refractivity contribution in [1.29, 1.82) is 0 Å². The van der Waals surface area contributed by atoms with Crippen molar-refractivity contribution < 1.29 is 0 Å². The van der Waals surface area contributed by atoms with Crippen molar-refractivity contribution in [2.45, 2.75) is 13.5 Å². The maximum Gasteiger partial charge on any atom is 0.141 e. The van der Waals surface area contributed by atoms with Crippen LogP contribution in [0.4, 0.5) is 11.5 Å². The fraction of sp³-hybridized carbons (Fsp3) is 0.273. The highest BCUT2D eigenvalue weighted by Crippen LogP contribution is 2.20. The molecule has 5 nitrogen and oxygen atoms in total. The fourth-order valence-electron chi connectivity index (χ4n) is 1.52. The summed E-state index contributed by atoms with van der Waals surface area (Å²) in [4.78, 5) is 11.7. The molecular formula is C11H15N5S. The summed E-state index contributed by atoms with van der Waals surface area (Å²) in [5.41, 5.74) is 6.58. The second-order valence-corrected chi connectivity index (χ2v) is 4.70. The molecule has 0 spiro atoms. The highest BCUT2D eigenvalue weighted by atomic mass is 32.1. The molecule has 3 N–H and O–H groups in total. The van der Waals surface area contributed by atoms with Gasteiger partial charge in [0, 0.05) is 29.9 Å². The molecule has 0 bridgehead atoms. The molecule has 2 heterocycles. The Morgan fingerprint density at radius 2 is 2.29 bits per heavy atom. The highest BCUT2D eigenvalue weighted by molar-refractivity contribution is 7.09. The van der Waals surface area contributed by atoms with Gasteiger partial charge >= 0.3 is 0 Å². The standard InChI is InChI=1S/C11H15N5S/c1-8-10(17-7-14-8)6-16(2)9-3-4-13-11(5-9)15-12/h3-5,7H,6,12H2,1-2H3,(H,13,15). The third kappa shape index (κ3) is 2.72. The Hall–Kier alpha value is -1.66. The van der Waals surface area contributed by atoms with Gasteiger partial charge in [0.05, 0.1) is 17.7 Å². The van der Waals surface area contributed by atoms with Crippen LogP contribution in [-0.4, -0.2) is 17.0 Å². The van der Waals surface area contributed by atoms with Gasteiger partial charge in [0.1, 0.15) is 5.82 Å². The topological polar surface area (TPSA) is 67.1 Å². The van der Waals surface area contributed by atoms with E-state index in [1.807, 2.05) is 31.6 Å². The zero-order valence-corrected chi connectivity index (χ0v) is 10.7. The minimum Gasteiger partial charge on any atom is -0.369 e. The Labute approximate surface area is 104 Å². The van der Waals surface area contributed by atoms with Crippen LogP contribution in [-0.2, 0) is 6.54 Å². The molecule has 0 aromatic carbocycles.